The van der Waals surface area contributed by atoms with Gasteiger partial charge >= 0.3 is 0 Å². The van der Waals surface area contributed by atoms with Crippen molar-refractivity contribution in [3.05, 3.63) is 29.8 Å². The van der Waals surface area contributed by atoms with Crippen molar-refractivity contribution in [2.24, 2.45) is 0 Å². The van der Waals surface area contributed by atoms with Gasteiger partial charge in [-0.15, -0.1) is 0 Å². The van der Waals surface area contributed by atoms with Crippen LogP contribution < -0.4 is 0 Å². The zero-order valence-corrected chi connectivity index (χ0v) is 8.96. The van der Waals surface area contributed by atoms with Gasteiger partial charge in [-0.3, -0.25) is 0 Å². The van der Waals surface area contributed by atoms with Crippen LogP contribution in [0, 0.1) is 5.82 Å². The summed E-state index contributed by atoms with van der Waals surface area (Å²) in [5.74, 6) is -0.332. The molecule has 0 fully saturated rings. The van der Waals surface area contributed by atoms with Crippen molar-refractivity contribution in [3.63, 3.8) is 0 Å². The summed E-state index contributed by atoms with van der Waals surface area (Å²) in [5.41, 5.74) is 0.681. The first-order valence-electron chi connectivity index (χ1n) is 3.70. The third kappa shape index (κ3) is 2.36. The van der Waals surface area contributed by atoms with Gasteiger partial charge in [0.05, 0.1) is 5.52 Å². The van der Waals surface area contributed by atoms with Crippen LogP contribution in [0.5, 0.6) is 0 Å². The molecule has 1 aromatic heterocycles. The topological polar surface area (TPSA) is 28.7 Å². The van der Waals surface area contributed by atoms with Crippen molar-refractivity contribution in [1.29, 1.82) is 0 Å². The molecule has 0 radical (unpaired) electrons. The maximum Gasteiger partial charge on any atom is 0.248 e. The van der Waals surface area contributed by atoms with Gasteiger partial charge in [-0.05, 0) is 12.1 Å². The Hall–Kier alpha value is -0.510. The monoisotopic (exact) mass is 268 g/mol. The van der Waals surface area contributed by atoms with Crippen LogP contribution in [0.25, 0.3) is 11.0 Å². The summed E-state index contributed by atoms with van der Waals surface area (Å²) in [5, 5.41) is 0. The third-order valence-electron chi connectivity index (χ3n) is 1.73. The lowest BCUT2D eigenvalue weighted by Gasteiger charge is -2.04. The second-order valence-corrected chi connectivity index (χ2v) is 5.00. The predicted molar refractivity (Wildman–Crippen MR) is 62.0 cm³/mol. The number of nitrogens with one attached hydrogen (secondary N) is 1. The number of imidazole rings is 1. The van der Waals surface area contributed by atoms with Crippen molar-refractivity contribution in [2.45, 2.75) is 11.2 Å². The van der Waals surface area contributed by atoms with Gasteiger partial charge in [0.15, 0.2) is 11.6 Å². The van der Waals surface area contributed by atoms with E-state index in [1.165, 1.54) is 6.07 Å². The van der Waals surface area contributed by atoms with E-state index in [0.29, 0.717) is 5.52 Å². The van der Waals surface area contributed by atoms with Gasteiger partial charge in [-0.1, -0.05) is 48.3 Å². The van der Waals surface area contributed by atoms with Crippen molar-refractivity contribution in [2.75, 3.05) is 0 Å². The fraction of sp³-hybridized carbons (Fsp3) is 0.222. The van der Waals surface area contributed by atoms with Gasteiger partial charge in [0.25, 0.3) is 0 Å². The number of aromatic nitrogens is 2. The quantitative estimate of drug-likeness (QED) is 0.715. The molecule has 15 heavy (non-hydrogen) atoms. The number of para-hydroxylation sites is 1. The van der Waals surface area contributed by atoms with Crippen molar-refractivity contribution in [3.8, 4) is 0 Å². The molecule has 0 saturated heterocycles. The van der Waals surface area contributed by atoms with E-state index in [1.807, 2.05) is 0 Å². The lowest BCUT2D eigenvalue weighted by atomic mass is 10.3. The number of aromatic amines is 1. The Labute approximate surface area is 101 Å². The molecule has 0 aliphatic carbocycles. The summed E-state index contributed by atoms with van der Waals surface area (Å²) in [4.78, 5) is 6.59. The largest absolute Gasteiger partial charge is 0.338 e. The molecule has 82 valence electrons. The second kappa shape index (κ2) is 4.16. The van der Waals surface area contributed by atoms with E-state index in [-0.39, 0.29) is 18.8 Å². The molecule has 2 nitrogen and oxygen atoms in total. The minimum atomic E-state index is -1.66. The molecule has 1 aromatic carbocycles. The molecule has 0 unspecified atom stereocenters. The molecule has 0 spiro atoms. The zero-order chi connectivity index (χ0) is 10.3. The number of benzene rings is 1. The minimum absolute atomic E-state index is 0. The molecular formula is C9H8Cl3FN2. The van der Waals surface area contributed by atoms with E-state index in [2.05, 4.69) is 9.97 Å². The number of H-pyrrole nitrogens is 1. The Morgan fingerprint density at radius 2 is 1.93 bits per heavy atom. The Morgan fingerprint density at radius 3 is 2.47 bits per heavy atom. The molecular weight excluding hydrogens is 261 g/mol. The standard InChI is InChI=1S/C8H4Cl3FN2.CH4/c9-8(10,11)7-13-5-3-1-2-4(12)6(5)14-7;/h1-3H,(H,13,14);1H4. The zero-order valence-electron chi connectivity index (χ0n) is 6.69. The SMILES string of the molecule is C.Fc1cccc2[nH]c(C(Cl)(Cl)Cl)nc12. The van der Waals surface area contributed by atoms with E-state index in [4.69, 9.17) is 34.8 Å². The van der Waals surface area contributed by atoms with E-state index < -0.39 is 9.61 Å². The Kier molecular flexibility index (Phi) is 3.48. The molecule has 6 heteroatoms. The van der Waals surface area contributed by atoms with Crippen LogP contribution in [0.2, 0.25) is 0 Å². The second-order valence-electron chi connectivity index (χ2n) is 2.72. The molecule has 2 rings (SSSR count). The summed E-state index contributed by atoms with van der Waals surface area (Å²) in [6.07, 6.45) is 0. The van der Waals surface area contributed by atoms with Crippen LogP contribution in [-0.2, 0) is 3.79 Å². The molecule has 1 N–H and O–H groups in total. The molecule has 0 saturated carbocycles. The lowest BCUT2D eigenvalue weighted by Crippen LogP contribution is -2.02. The van der Waals surface area contributed by atoms with Crippen LogP contribution in [0.3, 0.4) is 0 Å². The summed E-state index contributed by atoms with van der Waals surface area (Å²) in [7, 11) is 0. The van der Waals surface area contributed by atoms with Gasteiger partial charge < -0.3 is 4.98 Å². The normalized spacial score (nSPS) is 11.5. The van der Waals surface area contributed by atoms with Gasteiger partial charge in [0.1, 0.15) is 5.52 Å². The van der Waals surface area contributed by atoms with E-state index >= 15 is 0 Å². The molecule has 0 atom stereocenters. The summed E-state index contributed by atoms with van der Waals surface area (Å²) in [6.45, 7) is 0. The van der Waals surface area contributed by atoms with Crippen LogP contribution in [0.4, 0.5) is 4.39 Å². The summed E-state index contributed by atoms with van der Waals surface area (Å²) >= 11 is 16.8. The molecule has 0 aliphatic rings. The Balaban J connectivity index is 0.00000112. The van der Waals surface area contributed by atoms with E-state index in [9.17, 15) is 4.39 Å². The number of alkyl halides is 3. The van der Waals surface area contributed by atoms with Crippen LogP contribution >= 0.6 is 34.8 Å². The number of fused-ring (bicyclic) bond motifs is 1. The smallest absolute Gasteiger partial charge is 0.248 e. The number of rotatable bonds is 0. The van der Waals surface area contributed by atoms with Gasteiger partial charge in [-0.25, -0.2) is 9.37 Å². The number of halogens is 4. The van der Waals surface area contributed by atoms with Crippen molar-refractivity contribution >= 4 is 45.8 Å². The van der Waals surface area contributed by atoms with E-state index in [1.54, 1.807) is 12.1 Å². The molecule has 0 aliphatic heterocycles. The highest BCUT2D eigenvalue weighted by Gasteiger charge is 2.27. The molecule has 0 bridgehead atoms. The fourth-order valence-electron chi connectivity index (χ4n) is 1.13. The van der Waals surface area contributed by atoms with Crippen LogP contribution in [0.15, 0.2) is 18.2 Å². The van der Waals surface area contributed by atoms with Crippen LogP contribution in [-0.4, -0.2) is 9.97 Å². The number of nitrogens with zero attached hydrogens (tertiary/aromatic N) is 1. The van der Waals surface area contributed by atoms with Gasteiger partial charge in [0, 0.05) is 0 Å². The number of hydrogen-bond acceptors (Lipinski definition) is 1. The first-order valence-corrected chi connectivity index (χ1v) is 4.83. The fourth-order valence-corrected chi connectivity index (χ4v) is 1.40. The molecule has 1 heterocycles. The van der Waals surface area contributed by atoms with Crippen LogP contribution in [0.1, 0.15) is 13.3 Å². The predicted octanol–water partition coefficient (Wildman–Crippen LogP) is 4.16. The maximum absolute atomic E-state index is 13.2. The van der Waals surface area contributed by atoms with Crippen molar-refractivity contribution < 1.29 is 4.39 Å². The first kappa shape index (κ1) is 12.6. The highest BCUT2D eigenvalue weighted by atomic mass is 35.6. The average Bonchev–Trinajstić information content (AvgIpc) is 2.48. The average molecular weight is 270 g/mol. The molecule has 0 amide bonds. The maximum atomic E-state index is 13.2. The number of hydrogen-bond donors (Lipinski definition) is 1. The Bertz CT molecular complexity index is 476. The minimum Gasteiger partial charge on any atom is -0.338 e. The first-order chi connectivity index (χ1) is 6.48. The highest BCUT2D eigenvalue weighted by Crippen LogP contribution is 2.37. The molecule has 2 aromatic rings. The van der Waals surface area contributed by atoms with E-state index in [0.717, 1.165) is 0 Å². The van der Waals surface area contributed by atoms with Crippen molar-refractivity contribution in [1.82, 2.24) is 9.97 Å². The van der Waals surface area contributed by atoms with Gasteiger partial charge in [0.2, 0.25) is 3.79 Å². The van der Waals surface area contributed by atoms with Gasteiger partial charge in [-0.2, -0.15) is 0 Å². The highest BCUT2D eigenvalue weighted by molar-refractivity contribution is 6.66. The Morgan fingerprint density at radius 1 is 1.27 bits per heavy atom. The summed E-state index contributed by atoms with van der Waals surface area (Å²) in [6, 6.07) is 4.51. The third-order valence-corrected chi connectivity index (χ3v) is 2.27. The summed E-state index contributed by atoms with van der Waals surface area (Å²) < 4.78 is 11.5. The lowest BCUT2D eigenvalue weighted by molar-refractivity contribution is 0.637.